The number of nitrogens with zero attached hydrogens (tertiary/aromatic N) is 1. The molecule has 1 fully saturated rings. The molecule has 2 N–H and O–H groups in total. The number of carbonyl (C=O) groups is 4. The van der Waals surface area contributed by atoms with Crippen molar-refractivity contribution in [2.75, 3.05) is 16.8 Å². The highest BCUT2D eigenvalue weighted by molar-refractivity contribution is 9.10. The highest BCUT2D eigenvalue weighted by Gasteiger charge is 2.36. The van der Waals surface area contributed by atoms with E-state index in [1.165, 1.54) is 6.08 Å². The summed E-state index contributed by atoms with van der Waals surface area (Å²) < 4.78 is 12.0. The number of rotatable bonds is 9. The average Bonchev–Trinajstić information content (AvgIpc) is 3.00. The molecule has 5 rings (SSSR count). The molecular formula is C34H28BrN3O6. The Labute approximate surface area is 262 Å². The highest BCUT2D eigenvalue weighted by atomic mass is 79.9. The number of amides is 5. The van der Waals surface area contributed by atoms with Gasteiger partial charge in [-0.05, 0) is 95.0 Å². The molecule has 10 heteroatoms. The van der Waals surface area contributed by atoms with Crippen LogP contribution in [0.5, 0.6) is 11.5 Å². The molecule has 9 nitrogen and oxygen atoms in total. The highest BCUT2D eigenvalue weighted by Crippen LogP contribution is 2.29. The molecule has 0 radical (unpaired) electrons. The minimum absolute atomic E-state index is 0.220. The number of imide groups is 2. The van der Waals surface area contributed by atoms with Gasteiger partial charge in [0.05, 0.1) is 10.2 Å². The Balaban J connectivity index is 1.24. The van der Waals surface area contributed by atoms with Gasteiger partial charge in [-0.25, -0.2) is 9.69 Å². The third kappa shape index (κ3) is 7.22. The van der Waals surface area contributed by atoms with Crippen molar-refractivity contribution in [3.63, 3.8) is 0 Å². The SMILES string of the molecule is Cc1ccc(NC(=O)COc2ccc(/C=C3/C(=O)NC(=O)N(c4ccc(OCc5ccccc5)cc4)C3=O)cc2Br)c(C)c1. The van der Waals surface area contributed by atoms with Crippen LogP contribution < -0.4 is 25.0 Å². The lowest BCUT2D eigenvalue weighted by atomic mass is 10.1. The van der Waals surface area contributed by atoms with Crippen LogP contribution in [0.3, 0.4) is 0 Å². The first kappa shape index (κ1) is 30.2. The normalized spacial score (nSPS) is 13.9. The summed E-state index contributed by atoms with van der Waals surface area (Å²) in [5.41, 5.74) is 4.32. The van der Waals surface area contributed by atoms with Crippen LogP contribution in [0, 0.1) is 13.8 Å². The quantitative estimate of drug-likeness (QED) is 0.161. The van der Waals surface area contributed by atoms with E-state index in [1.807, 2.05) is 62.4 Å². The molecule has 0 aliphatic carbocycles. The van der Waals surface area contributed by atoms with Crippen molar-refractivity contribution in [1.29, 1.82) is 0 Å². The molecule has 1 aliphatic rings. The fourth-order valence-electron chi connectivity index (χ4n) is 4.50. The number of nitrogens with one attached hydrogen (secondary N) is 2. The lowest BCUT2D eigenvalue weighted by Gasteiger charge is -2.26. The van der Waals surface area contributed by atoms with Crippen molar-refractivity contribution in [3.05, 3.63) is 123 Å². The van der Waals surface area contributed by atoms with E-state index in [4.69, 9.17) is 9.47 Å². The van der Waals surface area contributed by atoms with Crippen LogP contribution in [0.4, 0.5) is 16.2 Å². The molecule has 1 aliphatic heterocycles. The number of hydrogen-bond donors (Lipinski definition) is 2. The van der Waals surface area contributed by atoms with Gasteiger partial charge in [-0.1, -0.05) is 54.1 Å². The Morgan fingerprint density at radius 2 is 1.66 bits per heavy atom. The summed E-state index contributed by atoms with van der Waals surface area (Å²) in [7, 11) is 0. The first-order valence-corrected chi connectivity index (χ1v) is 14.4. The molecule has 0 unspecified atom stereocenters. The van der Waals surface area contributed by atoms with Crippen molar-refractivity contribution in [2.45, 2.75) is 20.5 Å². The van der Waals surface area contributed by atoms with Crippen LogP contribution in [0.25, 0.3) is 6.08 Å². The van der Waals surface area contributed by atoms with Gasteiger partial charge in [0, 0.05) is 5.69 Å². The number of urea groups is 1. The van der Waals surface area contributed by atoms with Gasteiger partial charge in [0.25, 0.3) is 17.7 Å². The van der Waals surface area contributed by atoms with Gasteiger partial charge >= 0.3 is 6.03 Å². The molecule has 5 amide bonds. The molecule has 0 atom stereocenters. The van der Waals surface area contributed by atoms with Crippen molar-refractivity contribution in [1.82, 2.24) is 5.32 Å². The lowest BCUT2D eigenvalue weighted by molar-refractivity contribution is -0.122. The van der Waals surface area contributed by atoms with E-state index < -0.39 is 17.8 Å². The molecular weight excluding hydrogens is 626 g/mol. The first-order valence-electron chi connectivity index (χ1n) is 13.7. The monoisotopic (exact) mass is 653 g/mol. The van der Waals surface area contributed by atoms with Gasteiger partial charge in [0.1, 0.15) is 23.7 Å². The number of anilines is 2. The Hall–Kier alpha value is -5.22. The number of benzene rings is 4. The summed E-state index contributed by atoms with van der Waals surface area (Å²) in [6.45, 7) is 4.04. The van der Waals surface area contributed by atoms with E-state index in [0.717, 1.165) is 21.6 Å². The second-order valence-electron chi connectivity index (χ2n) is 10.1. The Kier molecular flexibility index (Phi) is 9.20. The van der Waals surface area contributed by atoms with Gasteiger partial charge in [-0.3, -0.25) is 19.7 Å². The molecule has 1 heterocycles. The van der Waals surface area contributed by atoms with Crippen molar-refractivity contribution in [2.24, 2.45) is 0 Å². The minimum atomic E-state index is -0.848. The summed E-state index contributed by atoms with van der Waals surface area (Å²) in [5, 5.41) is 5.05. The number of ether oxygens (including phenoxy) is 2. The van der Waals surface area contributed by atoms with E-state index in [9.17, 15) is 19.2 Å². The van der Waals surface area contributed by atoms with Crippen LogP contribution in [0.2, 0.25) is 0 Å². The van der Waals surface area contributed by atoms with Crippen LogP contribution in [0.1, 0.15) is 22.3 Å². The van der Waals surface area contributed by atoms with E-state index >= 15 is 0 Å². The molecule has 0 aromatic heterocycles. The maximum Gasteiger partial charge on any atom is 0.335 e. The third-order valence-electron chi connectivity index (χ3n) is 6.73. The van der Waals surface area contributed by atoms with Crippen LogP contribution in [0.15, 0.2) is 101 Å². The molecule has 222 valence electrons. The van der Waals surface area contributed by atoms with Crippen molar-refractivity contribution < 1.29 is 28.7 Å². The second-order valence-corrected chi connectivity index (χ2v) is 10.9. The van der Waals surface area contributed by atoms with E-state index in [1.54, 1.807) is 42.5 Å². The largest absolute Gasteiger partial charge is 0.489 e. The molecule has 0 spiro atoms. The predicted molar refractivity (Wildman–Crippen MR) is 170 cm³/mol. The molecule has 0 saturated carbocycles. The van der Waals surface area contributed by atoms with Crippen molar-refractivity contribution in [3.8, 4) is 11.5 Å². The lowest BCUT2D eigenvalue weighted by Crippen LogP contribution is -2.54. The second kappa shape index (κ2) is 13.4. The Morgan fingerprint density at radius 1 is 0.909 bits per heavy atom. The van der Waals surface area contributed by atoms with Gasteiger partial charge in [-0.15, -0.1) is 0 Å². The fourth-order valence-corrected chi connectivity index (χ4v) is 5.01. The summed E-state index contributed by atoms with van der Waals surface area (Å²) in [5.74, 6) is -0.937. The third-order valence-corrected chi connectivity index (χ3v) is 7.35. The van der Waals surface area contributed by atoms with Gasteiger partial charge in [-0.2, -0.15) is 0 Å². The van der Waals surface area contributed by atoms with E-state index in [-0.39, 0.29) is 23.8 Å². The number of halogens is 1. The first-order chi connectivity index (χ1) is 21.2. The average molecular weight is 655 g/mol. The van der Waals surface area contributed by atoms with Crippen LogP contribution in [-0.2, 0) is 21.0 Å². The van der Waals surface area contributed by atoms with E-state index in [2.05, 4.69) is 26.6 Å². The van der Waals surface area contributed by atoms with Gasteiger partial charge in [0.15, 0.2) is 6.61 Å². The summed E-state index contributed by atoms with van der Waals surface area (Å²) in [6.07, 6.45) is 1.38. The molecule has 0 bridgehead atoms. The number of barbiturate groups is 1. The van der Waals surface area contributed by atoms with Crippen molar-refractivity contribution >= 4 is 57.1 Å². The molecule has 4 aromatic carbocycles. The fraction of sp³-hybridized carbons (Fsp3) is 0.118. The van der Waals surface area contributed by atoms with Crippen LogP contribution in [-0.4, -0.2) is 30.4 Å². The standard InChI is InChI=1S/C34H28BrN3O6/c1-21-8-14-29(22(2)16-21)36-31(39)20-44-30-15-9-24(18-28(30)35)17-27-32(40)37-34(42)38(33(27)41)25-10-12-26(13-11-25)43-19-23-6-4-3-5-7-23/h3-18H,19-20H2,1-2H3,(H,36,39)(H,37,40,42)/b27-17-. The maximum absolute atomic E-state index is 13.3. The van der Waals surface area contributed by atoms with E-state index in [0.29, 0.717) is 33.8 Å². The topological polar surface area (TPSA) is 114 Å². The molecule has 44 heavy (non-hydrogen) atoms. The molecule has 1 saturated heterocycles. The Bertz CT molecular complexity index is 1770. The zero-order valence-corrected chi connectivity index (χ0v) is 25.5. The maximum atomic E-state index is 13.3. The minimum Gasteiger partial charge on any atom is -0.489 e. The summed E-state index contributed by atoms with van der Waals surface area (Å²) in [4.78, 5) is 52.0. The summed E-state index contributed by atoms with van der Waals surface area (Å²) in [6, 6.07) is 25.9. The van der Waals surface area contributed by atoms with Gasteiger partial charge < -0.3 is 14.8 Å². The Morgan fingerprint density at radius 3 is 2.36 bits per heavy atom. The summed E-state index contributed by atoms with van der Waals surface area (Å²) >= 11 is 3.42. The van der Waals surface area contributed by atoms with Gasteiger partial charge in [0.2, 0.25) is 0 Å². The zero-order valence-electron chi connectivity index (χ0n) is 23.9. The van der Waals surface area contributed by atoms with Crippen LogP contribution >= 0.6 is 15.9 Å². The zero-order chi connectivity index (χ0) is 31.2. The smallest absolute Gasteiger partial charge is 0.335 e. The predicted octanol–water partition coefficient (Wildman–Crippen LogP) is 6.33. The molecule has 4 aromatic rings. The number of hydrogen-bond acceptors (Lipinski definition) is 6. The number of aryl methyl sites for hydroxylation is 2. The number of carbonyl (C=O) groups excluding carboxylic acids is 4.